The van der Waals surface area contributed by atoms with E-state index < -0.39 is 0 Å². The molecular formula is C66H46N2. The second-order valence-electron chi connectivity index (χ2n) is 17.2. The Balaban J connectivity index is 1.20. The number of nitrogens with zero attached hydrogens (tertiary/aromatic N) is 2. The summed E-state index contributed by atoms with van der Waals surface area (Å²) in [6, 6.07) is 101. The summed E-state index contributed by atoms with van der Waals surface area (Å²) in [5.41, 5.74) is 20.5. The predicted molar refractivity (Wildman–Crippen MR) is 288 cm³/mol. The van der Waals surface area contributed by atoms with E-state index in [1.807, 2.05) is 0 Å². The first-order valence-corrected chi connectivity index (χ1v) is 23.3. The van der Waals surface area contributed by atoms with Crippen molar-refractivity contribution in [2.45, 2.75) is 0 Å². The van der Waals surface area contributed by atoms with Crippen LogP contribution in [0.3, 0.4) is 0 Å². The van der Waals surface area contributed by atoms with Crippen LogP contribution in [-0.4, -0.2) is 4.57 Å². The molecule has 1 aromatic heterocycles. The molecule has 0 radical (unpaired) electrons. The summed E-state index contributed by atoms with van der Waals surface area (Å²) in [5, 5.41) is 2.43. The molecule has 0 unspecified atom stereocenters. The fraction of sp³-hybridized carbons (Fsp3) is 0. The molecule has 2 nitrogen and oxygen atoms in total. The van der Waals surface area contributed by atoms with Crippen molar-refractivity contribution >= 4 is 38.9 Å². The minimum atomic E-state index is 1.05. The molecule has 0 spiro atoms. The summed E-state index contributed by atoms with van der Waals surface area (Å²) in [5.74, 6) is 0. The number of benzene rings is 11. The van der Waals surface area contributed by atoms with E-state index in [1.165, 1.54) is 44.1 Å². The standard InChI is InChI=1S/C66H46N2/c1-6-22-47(23-7-1)51-38-41-58(50-28-12-4-13-29-50)65(45-51)68(54-40-42-61-60-36-20-21-37-63(60)67(66(61)46-54)53-30-14-5-15-31-53)64-43-39-52(57-34-17-16-32-55(57)48-24-8-2-9-25-48)44-62(64)59-35-19-18-33-56(59)49-26-10-3-11-27-49/h1-46H. The lowest BCUT2D eigenvalue weighted by Crippen LogP contribution is -2.13. The van der Waals surface area contributed by atoms with E-state index in [4.69, 9.17) is 0 Å². The van der Waals surface area contributed by atoms with Crippen molar-refractivity contribution in [3.63, 3.8) is 0 Å². The molecule has 0 saturated carbocycles. The van der Waals surface area contributed by atoms with Crippen LogP contribution in [0.2, 0.25) is 0 Å². The quantitative estimate of drug-likeness (QED) is 0.133. The molecule has 0 atom stereocenters. The molecule has 0 aliphatic rings. The molecule has 320 valence electrons. The third-order valence-corrected chi connectivity index (χ3v) is 13.2. The van der Waals surface area contributed by atoms with Gasteiger partial charge in [-0.25, -0.2) is 0 Å². The SMILES string of the molecule is c1ccc(-c2ccc(-c3ccccc3)c(N(c3ccc4c5ccccc5n(-c5ccccc5)c4c3)c3ccc(-c4ccccc4-c4ccccc4)cc3-c3ccccc3-c3ccccc3)c2)cc1. The highest BCUT2D eigenvalue weighted by Gasteiger charge is 2.25. The van der Waals surface area contributed by atoms with E-state index in [0.717, 1.165) is 67.2 Å². The molecular weight excluding hydrogens is 821 g/mol. The zero-order valence-corrected chi connectivity index (χ0v) is 37.5. The van der Waals surface area contributed by atoms with Gasteiger partial charge in [-0.3, -0.25) is 0 Å². The summed E-state index contributed by atoms with van der Waals surface area (Å²) >= 11 is 0. The van der Waals surface area contributed by atoms with Crippen molar-refractivity contribution in [1.82, 2.24) is 4.57 Å². The van der Waals surface area contributed by atoms with Crippen molar-refractivity contribution in [2.75, 3.05) is 4.90 Å². The molecule has 11 aromatic carbocycles. The maximum Gasteiger partial charge on any atom is 0.0561 e. The molecule has 2 heteroatoms. The average Bonchev–Trinajstić information content (AvgIpc) is 3.76. The average molecular weight is 867 g/mol. The fourth-order valence-electron chi connectivity index (χ4n) is 10.1. The van der Waals surface area contributed by atoms with Gasteiger partial charge >= 0.3 is 0 Å². The van der Waals surface area contributed by atoms with Gasteiger partial charge in [0, 0.05) is 33.3 Å². The van der Waals surface area contributed by atoms with Crippen LogP contribution in [0.1, 0.15) is 0 Å². The van der Waals surface area contributed by atoms with Crippen molar-refractivity contribution in [1.29, 1.82) is 0 Å². The Labute approximate surface area is 397 Å². The Morgan fingerprint density at radius 3 is 1.34 bits per heavy atom. The number of anilines is 3. The van der Waals surface area contributed by atoms with Crippen LogP contribution in [-0.2, 0) is 0 Å². The van der Waals surface area contributed by atoms with Gasteiger partial charge in [-0.1, -0.05) is 231 Å². The van der Waals surface area contributed by atoms with Crippen LogP contribution >= 0.6 is 0 Å². The van der Waals surface area contributed by atoms with E-state index in [0.29, 0.717) is 0 Å². The van der Waals surface area contributed by atoms with Crippen molar-refractivity contribution in [3.8, 4) is 72.4 Å². The van der Waals surface area contributed by atoms with E-state index in [-0.39, 0.29) is 0 Å². The first-order valence-electron chi connectivity index (χ1n) is 23.3. The lowest BCUT2D eigenvalue weighted by molar-refractivity contribution is 1.18. The zero-order valence-electron chi connectivity index (χ0n) is 37.5. The van der Waals surface area contributed by atoms with Crippen molar-refractivity contribution < 1.29 is 0 Å². The third-order valence-electron chi connectivity index (χ3n) is 13.2. The number of rotatable bonds is 10. The summed E-state index contributed by atoms with van der Waals surface area (Å²) in [7, 11) is 0. The second-order valence-corrected chi connectivity index (χ2v) is 17.2. The first kappa shape index (κ1) is 40.5. The maximum absolute atomic E-state index is 2.52. The Kier molecular flexibility index (Phi) is 10.6. The summed E-state index contributed by atoms with van der Waals surface area (Å²) in [6.07, 6.45) is 0. The van der Waals surface area contributed by atoms with Crippen LogP contribution in [0.15, 0.2) is 279 Å². The number of hydrogen-bond acceptors (Lipinski definition) is 1. The number of para-hydroxylation sites is 2. The number of aromatic nitrogens is 1. The van der Waals surface area contributed by atoms with Crippen LogP contribution in [0, 0.1) is 0 Å². The highest BCUT2D eigenvalue weighted by molar-refractivity contribution is 6.11. The summed E-state index contributed by atoms with van der Waals surface area (Å²) in [4.78, 5) is 2.52. The zero-order chi connectivity index (χ0) is 45.2. The molecule has 12 rings (SSSR count). The molecule has 0 bridgehead atoms. The van der Waals surface area contributed by atoms with Gasteiger partial charge in [0.1, 0.15) is 0 Å². The largest absolute Gasteiger partial charge is 0.309 e. The smallest absolute Gasteiger partial charge is 0.0561 e. The highest BCUT2D eigenvalue weighted by Crippen LogP contribution is 2.50. The van der Waals surface area contributed by atoms with Crippen LogP contribution < -0.4 is 4.90 Å². The molecule has 0 amide bonds. The second kappa shape index (κ2) is 17.8. The molecule has 0 N–H and O–H groups in total. The van der Waals surface area contributed by atoms with Gasteiger partial charge in [0.2, 0.25) is 0 Å². The molecule has 0 fully saturated rings. The lowest BCUT2D eigenvalue weighted by atomic mass is 9.88. The molecule has 68 heavy (non-hydrogen) atoms. The Bertz CT molecular complexity index is 3710. The molecule has 0 aliphatic carbocycles. The van der Waals surface area contributed by atoms with Crippen molar-refractivity contribution in [2.24, 2.45) is 0 Å². The molecule has 0 saturated heterocycles. The van der Waals surface area contributed by atoms with Gasteiger partial charge in [-0.15, -0.1) is 0 Å². The van der Waals surface area contributed by atoms with Crippen LogP contribution in [0.4, 0.5) is 17.1 Å². The third kappa shape index (κ3) is 7.45. The van der Waals surface area contributed by atoms with E-state index >= 15 is 0 Å². The Hall–Kier alpha value is -8.98. The van der Waals surface area contributed by atoms with Gasteiger partial charge in [-0.2, -0.15) is 0 Å². The maximum atomic E-state index is 2.52. The molecule has 12 aromatic rings. The van der Waals surface area contributed by atoms with Crippen LogP contribution in [0.5, 0.6) is 0 Å². The minimum absolute atomic E-state index is 1.05. The van der Waals surface area contributed by atoms with Gasteiger partial charge in [0.15, 0.2) is 0 Å². The number of fused-ring (bicyclic) bond motifs is 3. The minimum Gasteiger partial charge on any atom is -0.309 e. The molecule has 1 heterocycles. The van der Waals surface area contributed by atoms with Gasteiger partial charge < -0.3 is 9.47 Å². The topological polar surface area (TPSA) is 8.17 Å². The number of hydrogen-bond donors (Lipinski definition) is 0. The van der Waals surface area contributed by atoms with Gasteiger partial charge in [-0.05, 0) is 104 Å². The van der Waals surface area contributed by atoms with Crippen LogP contribution in [0.25, 0.3) is 94.3 Å². The van der Waals surface area contributed by atoms with Gasteiger partial charge in [0.25, 0.3) is 0 Å². The normalized spacial score (nSPS) is 11.2. The predicted octanol–water partition coefficient (Wildman–Crippen LogP) is 18.3. The van der Waals surface area contributed by atoms with E-state index in [9.17, 15) is 0 Å². The molecule has 0 aliphatic heterocycles. The van der Waals surface area contributed by atoms with Crippen molar-refractivity contribution in [3.05, 3.63) is 279 Å². The lowest BCUT2D eigenvalue weighted by Gasteiger charge is -2.31. The fourth-order valence-corrected chi connectivity index (χ4v) is 10.1. The first-order chi connectivity index (χ1) is 33.8. The highest BCUT2D eigenvalue weighted by atomic mass is 15.2. The summed E-state index contributed by atoms with van der Waals surface area (Å²) < 4.78 is 2.42. The van der Waals surface area contributed by atoms with E-state index in [1.54, 1.807) is 0 Å². The summed E-state index contributed by atoms with van der Waals surface area (Å²) in [6.45, 7) is 0. The monoisotopic (exact) mass is 866 g/mol. The Morgan fingerprint density at radius 2 is 0.706 bits per heavy atom. The Morgan fingerprint density at radius 1 is 0.235 bits per heavy atom. The van der Waals surface area contributed by atoms with E-state index in [2.05, 4.69) is 289 Å². The van der Waals surface area contributed by atoms with Gasteiger partial charge in [0.05, 0.1) is 22.4 Å².